The van der Waals surface area contributed by atoms with Gasteiger partial charge in [-0.2, -0.15) is 8.78 Å². The van der Waals surface area contributed by atoms with E-state index in [1.807, 2.05) is 19.1 Å². The van der Waals surface area contributed by atoms with Gasteiger partial charge in [-0.3, -0.25) is 4.79 Å². The number of hydrogen-bond acceptors (Lipinski definition) is 2. The van der Waals surface area contributed by atoms with Crippen LogP contribution in [0.2, 0.25) is 0 Å². The third kappa shape index (κ3) is 4.26. The summed E-state index contributed by atoms with van der Waals surface area (Å²) in [5.41, 5.74) is 1.88. The van der Waals surface area contributed by atoms with E-state index in [-0.39, 0.29) is 11.7 Å². The van der Waals surface area contributed by atoms with Crippen molar-refractivity contribution in [3.8, 4) is 5.75 Å². The van der Waals surface area contributed by atoms with Crippen LogP contribution in [0, 0.1) is 6.92 Å². The fourth-order valence-electron chi connectivity index (χ4n) is 1.76. The first-order chi connectivity index (χ1) is 9.95. The Bertz CT molecular complexity index is 645. The standard InChI is InChI=1S/C15H12BrF2NO2/c1-9-2-3-10(16)8-13(9)14(20)19-11-4-6-12(7-5-11)21-15(17)18/h2-8,15H,1H3,(H,19,20). The monoisotopic (exact) mass is 355 g/mol. The van der Waals surface area contributed by atoms with Gasteiger partial charge in [-0.05, 0) is 48.9 Å². The number of benzene rings is 2. The summed E-state index contributed by atoms with van der Waals surface area (Å²) in [6.07, 6.45) is 0. The SMILES string of the molecule is Cc1ccc(Br)cc1C(=O)Nc1ccc(OC(F)F)cc1. The van der Waals surface area contributed by atoms with E-state index in [9.17, 15) is 13.6 Å². The van der Waals surface area contributed by atoms with E-state index in [1.165, 1.54) is 24.3 Å². The van der Waals surface area contributed by atoms with Gasteiger partial charge in [0, 0.05) is 15.7 Å². The zero-order valence-electron chi connectivity index (χ0n) is 11.1. The molecule has 0 fully saturated rings. The average Bonchev–Trinajstić information content (AvgIpc) is 2.43. The van der Waals surface area contributed by atoms with Gasteiger partial charge >= 0.3 is 6.61 Å². The number of carbonyl (C=O) groups is 1. The summed E-state index contributed by atoms with van der Waals surface area (Å²) in [5.74, 6) is -0.224. The molecule has 1 amide bonds. The predicted molar refractivity (Wildman–Crippen MR) is 79.9 cm³/mol. The number of alkyl halides is 2. The van der Waals surface area contributed by atoms with E-state index in [0.717, 1.165) is 10.0 Å². The lowest BCUT2D eigenvalue weighted by Crippen LogP contribution is -2.13. The summed E-state index contributed by atoms with van der Waals surface area (Å²) in [6, 6.07) is 11.1. The van der Waals surface area contributed by atoms with Gasteiger partial charge < -0.3 is 10.1 Å². The Hall–Kier alpha value is -1.95. The van der Waals surface area contributed by atoms with E-state index in [4.69, 9.17) is 0 Å². The van der Waals surface area contributed by atoms with Crippen LogP contribution in [-0.4, -0.2) is 12.5 Å². The largest absolute Gasteiger partial charge is 0.435 e. The third-order valence-electron chi connectivity index (χ3n) is 2.78. The van der Waals surface area contributed by atoms with Crippen molar-refractivity contribution >= 4 is 27.5 Å². The molecule has 1 N–H and O–H groups in total. The maximum Gasteiger partial charge on any atom is 0.387 e. The lowest BCUT2D eigenvalue weighted by atomic mass is 10.1. The molecular weight excluding hydrogens is 344 g/mol. The van der Waals surface area contributed by atoms with Crippen molar-refractivity contribution in [2.75, 3.05) is 5.32 Å². The quantitative estimate of drug-likeness (QED) is 0.869. The molecule has 0 unspecified atom stereocenters. The lowest BCUT2D eigenvalue weighted by molar-refractivity contribution is -0.0498. The molecule has 3 nitrogen and oxygen atoms in total. The molecule has 0 aliphatic rings. The van der Waals surface area contributed by atoms with Crippen molar-refractivity contribution in [1.29, 1.82) is 0 Å². The van der Waals surface area contributed by atoms with Gasteiger partial charge in [0.25, 0.3) is 5.91 Å². The van der Waals surface area contributed by atoms with E-state index in [0.29, 0.717) is 11.3 Å². The molecule has 0 atom stereocenters. The molecule has 21 heavy (non-hydrogen) atoms. The molecule has 0 saturated heterocycles. The van der Waals surface area contributed by atoms with E-state index in [1.54, 1.807) is 6.07 Å². The number of rotatable bonds is 4. The highest BCUT2D eigenvalue weighted by atomic mass is 79.9. The van der Waals surface area contributed by atoms with Gasteiger partial charge in [0.05, 0.1) is 0 Å². The number of carbonyl (C=O) groups excluding carboxylic acids is 1. The molecule has 0 aromatic heterocycles. The van der Waals surface area contributed by atoms with Gasteiger partial charge in [0.1, 0.15) is 5.75 Å². The molecule has 0 spiro atoms. The number of amides is 1. The molecule has 0 aliphatic carbocycles. The van der Waals surface area contributed by atoms with Gasteiger partial charge in [-0.15, -0.1) is 0 Å². The Labute approximate surface area is 129 Å². The van der Waals surface area contributed by atoms with Crippen molar-refractivity contribution in [1.82, 2.24) is 0 Å². The zero-order chi connectivity index (χ0) is 15.4. The summed E-state index contributed by atoms with van der Waals surface area (Å²) >= 11 is 3.31. The first-order valence-electron chi connectivity index (χ1n) is 6.08. The highest BCUT2D eigenvalue weighted by molar-refractivity contribution is 9.10. The molecule has 2 aromatic rings. The topological polar surface area (TPSA) is 38.3 Å². The number of halogens is 3. The van der Waals surface area contributed by atoms with Crippen molar-refractivity contribution in [2.24, 2.45) is 0 Å². The van der Waals surface area contributed by atoms with Crippen molar-refractivity contribution < 1.29 is 18.3 Å². The molecule has 2 aromatic carbocycles. The summed E-state index contributed by atoms with van der Waals surface area (Å²) in [7, 11) is 0. The van der Waals surface area contributed by atoms with E-state index < -0.39 is 6.61 Å². The van der Waals surface area contributed by atoms with Crippen LogP contribution in [0.5, 0.6) is 5.75 Å². The molecule has 110 valence electrons. The van der Waals surface area contributed by atoms with Gasteiger partial charge in [-0.1, -0.05) is 22.0 Å². The van der Waals surface area contributed by atoms with Crippen molar-refractivity contribution in [3.05, 3.63) is 58.1 Å². The molecule has 2 rings (SSSR count). The highest BCUT2D eigenvalue weighted by Gasteiger charge is 2.10. The average molecular weight is 356 g/mol. The first kappa shape index (κ1) is 15.4. The lowest BCUT2D eigenvalue weighted by Gasteiger charge is -2.09. The number of ether oxygens (including phenoxy) is 1. The van der Waals surface area contributed by atoms with Crippen LogP contribution < -0.4 is 10.1 Å². The minimum absolute atomic E-state index is 0.0432. The molecule has 0 aliphatic heterocycles. The summed E-state index contributed by atoms with van der Waals surface area (Å²) < 4.78 is 29.1. The van der Waals surface area contributed by atoms with Crippen LogP contribution in [-0.2, 0) is 0 Å². The Kier molecular flexibility index (Phi) is 4.90. The van der Waals surface area contributed by atoms with E-state index >= 15 is 0 Å². The number of anilines is 1. The molecule has 0 saturated carbocycles. The second-order valence-electron chi connectivity index (χ2n) is 4.32. The Balaban J connectivity index is 2.10. The molecule has 0 radical (unpaired) electrons. The van der Waals surface area contributed by atoms with Crippen LogP contribution in [0.25, 0.3) is 0 Å². The van der Waals surface area contributed by atoms with Gasteiger partial charge in [0.15, 0.2) is 0 Å². The minimum atomic E-state index is -2.87. The highest BCUT2D eigenvalue weighted by Crippen LogP contribution is 2.20. The fraction of sp³-hybridized carbons (Fsp3) is 0.133. The second kappa shape index (κ2) is 6.67. The van der Waals surface area contributed by atoms with Crippen LogP contribution in [0.15, 0.2) is 46.9 Å². The van der Waals surface area contributed by atoms with E-state index in [2.05, 4.69) is 26.0 Å². The number of nitrogens with one attached hydrogen (secondary N) is 1. The zero-order valence-corrected chi connectivity index (χ0v) is 12.7. The molecular formula is C15H12BrF2NO2. The summed E-state index contributed by atoms with van der Waals surface area (Å²) in [5, 5.41) is 2.70. The van der Waals surface area contributed by atoms with Gasteiger partial charge in [-0.25, -0.2) is 0 Å². The second-order valence-corrected chi connectivity index (χ2v) is 5.23. The van der Waals surface area contributed by atoms with Crippen LogP contribution in [0.4, 0.5) is 14.5 Å². The fourth-order valence-corrected chi connectivity index (χ4v) is 2.12. The van der Waals surface area contributed by atoms with Crippen molar-refractivity contribution in [2.45, 2.75) is 13.5 Å². The molecule has 0 bridgehead atoms. The Morgan fingerprint density at radius 1 is 1.19 bits per heavy atom. The Morgan fingerprint density at radius 2 is 1.86 bits per heavy atom. The molecule has 6 heteroatoms. The Morgan fingerprint density at radius 3 is 2.48 bits per heavy atom. The third-order valence-corrected chi connectivity index (χ3v) is 3.27. The first-order valence-corrected chi connectivity index (χ1v) is 6.87. The molecule has 0 heterocycles. The predicted octanol–water partition coefficient (Wildman–Crippen LogP) is 4.61. The van der Waals surface area contributed by atoms with Crippen molar-refractivity contribution in [3.63, 3.8) is 0 Å². The minimum Gasteiger partial charge on any atom is -0.435 e. The number of hydrogen-bond donors (Lipinski definition) is 1. The summed E-state index contributed by atoms with van der Waals surface area (Å²) in [4.78, 5) is 12.2. The van der Waals surface area contributed by atoms with Gasteiger partial charge in [0.2, 0.25) is 0 Å². The van der Waals surface area contributed by atoms with Crippen LogP contribution in [0.1, 0.15) is 15.9 Å². The van der Waals surface area contributed by atoms with Crippen LogP contribution in [0.3, 0.4) is 0 Å². The normalized spacial score (nSPS) is 10.5. The van der Waals surface area contributed by atoms with Crippen LogP contribution >= 0.6 is 15.9 Å². The maximum absolute atomic E-state index is 12.2. The maximum atomic E-state index is 12.2. The summed E-state index contributed by atoms with van der Waals surface area (Å²) in [6.45, 7) is -1.03. The smallest absolute Gasteiger partial charge is 0.387 e. The number of aryl methyl sites for hydroxylation is 1.